The second kappa shape index (κ2) is 6.18. The third kappa shape index (κ3) is 2.64. The van der Waals surface area contributed by atoms with Gasteiger partial charge in [-0.05, 0) is 35.4 Å². The predicted molar refractivity (Wildman–Crippen MR) is 96.7 cm³/mol. The number of aromatic amines is 1. The quantitative estimate of drug-likeness (QED) is 0.598. The molecule has 2 aromatic heterocycles. The Balaban J connectivity index is 1.72. The number of H-pyrrole nitrogens is 1. The van der Waals surface area contributed by atoms with E-state index in [-0.39, 0.29) is 6.61 Å². The monoisotopic (exact) mass is 315 g/mol. The number of nitrogens with one attached hydrogen (secondary N) is 1. The topological polar surface area (TPSA) is 53.8 Å². The fourth-order valence-electron chi connectivity index (χ4n) is 2.83. The average molecular weight is 315 g/mol. The lowest BCUT2D eigenvalue weighted by molar-refractivity contribution is 0.282. The highest BCUT2D eigenvalue weighted by molar-refractivity contribution is 5.89. The number of aromatic nitrogens is 3. The second-order valence-corrected chi connectivity index (χ2v) is 5.63. The molecule has 0 aliphatic carbocycles. The largest absolute Gasteiger partial charge is 0.392 e. The molecule has 0 spiro atoms. The van der Waals surface area contributed by atoms with Crippen molar-refractivity contribution in [2.24, 2.45) is 0 Å². The van der Waals surface area contributed by atoms with Crippen LogP contribution in [0.2, 0.25) is 0 Å². The maximum Gasteiger partial charge on any atom is 0.0927 e. The molecule has 2 N–H and O–H groups in total. The van der Waals surface area contributed by atoms with Gasteiger partial charge in [-0.15, -0.1) is 0 Å². The summed E-state index contributed by atoms with van der Waals surface area (Å²) in [5.74, 6) is 0. The summed E-state index contributed by atoms with van der Waals surface area (Å²) in [7, 11) is 0. The van der Waals surface area contributed by atoms with Crippen molar-refractivity contribution < 1.29 is 5.11 Å². The van der Waals surface area contributed by atoms with Crippen LogP contribution >= 0.6 is 0 Å². The van der Waals surface area contributed by atoms with E-state index in [9.17, 15) is 5.11 Å². The van der Waals surface area contributed by atoms with Crippen LogP contribution in [0.15, 0.2) is 67.0 Å². The molecule has 4 rings (SSSR count). The number of aliphatic hydroxyl groups excluding tert-OH is 1. The van der Waals surface area contributed by atoms with Crippen molar-refractivity contribution in [2.75, 3.05) is 0 Å². The van der Waals surface area contributed by atoms with Crippen molar-refractivity contribution >= 4 is 23.1 Å². The first-order chi connectivity index (χ1) is 11.8. The maximum absolute atomic E-state index is 9.26. The average Bonchev–Trinajstić information content (AvgIpc) is 3.27. The van der Waals surface area contributed by atoms with E-state index >= 15 is 0 Å². The van der Waals surface area contributed by atoms with Gasteiger partial charge in [0.15, 0.2) is 0 Å². The van der Waals surface area contributed by atoms with Gasteiger partial charge in [0.05, 0.1) is 23.5 Å². The Kier molecular flexibility index (Phi) is 3.73. The van der Waals surface area contributed by atoms with Gasteiger partial charge in [-0.3, -0.25) is 5.10 Å². The second-order valence-electron chi connectivity index (χ2n) is 5.63. The van der Waals surface area contributed by atoms with Crippen LogP contribution in [0.1, 0.15) is 16.8 Å². The van der Waals surface area contributed by atoms with Gasteiger partial charge in [-0.25, -0.2) is 0 Å². The highest BCUT2D eigenvalue weighted by atomic mass is 16.3. The van der Waals surface area contributed by atoms with Crippen LogP contribution < -0.4 is 0 Å². The molecule has 0 saturated carbocycles. The standard InChI is InChI=1S/C20H17N3O/c24-14-15-11-12-23(13-15)20-8-4-1-5-16(20)9-10-19-17-6-2-3-7-18(17)21-22-19/h1-13,24H,14H2,(H,21,22). The number of rotatable bonds is 4. The van der Waals surface area contributed by atoms with Crippen LogP contribution in [-0.4, -0.2) is 19.9 Å². The minimum Gasteiger partial charge on any atom is -0.392 e. The Morgan fingerprint density at radius 3 is 2.71 bits per heavy atom. The third-order valence-corrected chi connectivity index (χ3v) is 4.07. The van der Waals surface area contributed by atoms with Crippen LogP contribution in [-0.2, 0) is 6.61 Å². The van der Waals surface area contributed by atoms with Gasteiger partial charge in [0, 0.05) is 17.8 Å². The summed E-state index contributed by atoms with van der Waals surface area (Å²) in [5, 5.41) is 17.8. The van der Waals surface area contributed by atoms with E-state index in [1.807, 2.05) is 59.4 Å². The number of fused-ring (bicyclic) bond motifs is 1. The van der Waals surface area contributed by atoms with E-state index < -0.39 is 0 Å². The predicted octanol–water partition coefficient (Wildman–Crippen LogP) is 4.02. The molecule has 0 amide bonds. The number of hydrogen-bond acceptors (Lipinski definition) is 2. The van der Waals surface area contributed by atoms with Crippen molar-refractivity contribution in [1.29, 1.82) is 0 Å². The Morgan fingerprint density at radius 1 is 1.00 bits per heavy atom. The summed E-state index contributed by atoms with van der Waals surface area (Å²) in [4.78, 5) is 0. The highest BCUT2D eigenvalue weighted by Crippen LogP contribution is 2.21. The van der Waals surface area contributed by atoms with Crippen LogP contribution in [0, 0.1) is 0 Å². The number of para-hydroxylation sites is 2. The molecule has 0 radical (unpaired) electrons. The number of aliphatic hydroxyl groups is 1. The van der Waals surface area contributed by atoms with Gasteiger partial charge >= 0.3 is 0 Å². The first kappa shape index (κ1) is 14.5. The molecule has 4 heteroatoms. The molecule has 0 aliphatic rings. The Hall–Kier alpha value is -3.11. The lowest BCUT2D eigenvalue weighted by Crippen LogP contribution is -1.93. The van der Waals surface area contributed by atoms with Crippen molar-refractivity contribution in [2.45, 2.75) is 6.61 Å². The van der Waals surface area contributed by atoms with Crippen LogP contribution in [0.4, 0.5) is 0 Å². The summed E-state index contributed by atoms with van der Waals surface area (Å²) in [6.07, 6.45) is 7.99. The van der Waals surface area contributed by atoms with E-state index in [0.717, 1.165) is 33.4 Å². The summed E-state index contributed by atoms with van der Waals surface area (Å²) in [6, 6.07) is 18.2. The molecule has 2 heterocycles. The van der Waals surface area contributed by atoms with Crippen molar-refractivity contribution in [3.8, 4) is 5.69 Å². The Morgan fingerprint density at radius 2 is 1.83 bits per heavy atom. The number of nitrogens with zero attached hydrogens (tertiary/aromatic N) is 2. The molecular formula is C20H17N3O. The zero-order valence-electron chi connectivity index (χ0n) is 13.1. The Bertz CT molecular complexity index is 1010. The maximum atomic E-state index is 9.26. The summed E-state index contributed by atoms with van der Waals surface area (Å²) < 4.78 is 2.02. The molecule has 0 bridgehead atoms. The number of benzene rings is 2. The van der Waals surface area contributed by atoms with E-state index in [2.05, 4.69) is 34.5 Å². The normalized spacial score (nSPS) is 11.5. The fourth-order valence-corrected chi connectivity index (χ4v) is 2.83. The molecule has 0 unspecified atom stereocenters. The van der Waals surface area contributed by atoms with Gasteiger partial charge in [0.2, 0.25) is 0 Å². The molecule has 2 aromatic carbocycles. The smallest absolute Gasteiger partial charge is 0.0927 e. The number of hydrogen-bond donors (Lipinski definition) is 2. The van der Waals surface area contributed by atoms with Gasteiger partial charge in [0.1, 0.15) is 0 Å². The van der Waals surface area contributed by atoms with Crippen LogP contribution in [0.5, 0.6) is 0 Å². The summed E-state index contributed by atoms with van der Waals surface area (Å²) in [5.41, 5.74) is 5.00. The summed E-state index contributed by atoms with van der Waals surface area (Å²) >= 11 is 0. The first-order valence-corrected chi connectivity index (χ1v) is 7.83. The summed E-state index contributed by atoms with van der Waals surface area (Å²) in [6.45, 7) is 0.0459. The van der Waals surface area contributed by atoms with Gasteiger partial charge in [0.25, 0.3) is 0 Å². The van der Waals surface area contributed by atoms with Gasteiger partial charge in [-0.2, -0.15) is 5.10 Å². The van der Waals surface area contributed by atoms with E-state index in [4.69, 9.17) is 0 Å². The fraction of sp³-hybridized carbons (Fsp3) is 0.0500. The lowest BCUT2D eigenvalue weighted by atomic mass is 10.1. The molecule has 0 saturated heterocycles. The van der Waals surface area contributed by atoms with Gasteiger partial charge < -0.3 is 9.67 Å². The zero-order chi connectivity index (χ0) is 16.4. The van der Waals surface area contributed by atoms with Crippen LogP contribution in [0.3, 0.4) is 0 Å². The van der Waals surface area contributed by atoms with E-state index in [0.29, 0.717) is 0 Å². The molecule has 118 valence electrons. The zero-order valence-corrected chi connectivity index (χ0v) is 13.1. The van der Waals surface area contributed by atoms with Crippen molar-refractivity contribution in [3.63, 3.8) is 0 Å². The van der Waals surface area contributed by atoms with Crippen LogP contribution in [0.25, 0.3) is 28.7 Å². The molecule has 0 atom stereocenters. The molecule has 0 aliphatic heterocycles. The van der Waals surface area contributed by atoms with Crippen molar-refractivity contribution in [3.05, 3.63) is 83.8 Å². The Labute approximate surface area is 139 Å². The molecule has 24 heavy (non-hydrogen) atoms. The van der Waals surface area contributed by atoms with E-state index in [1.54, 1.807) is 0 Å². The molecule has 4 nitrogen and oxygen atoms in total. The molecular weight excluding hydrogens is 298 g/mol. The lowest BCUT2D eigenvalue weighted by Gasteiger charge is -2.07. The highest BCUT2D eigenvalue weighted by Gasteiger charge is 2.04. The van der Waals surface area contributed by atoms with Crippen molar-refractivity contribution in [1.82, 2.24) is 14.8 Å². The van der Waals surface area contributed by atoms with Gasteiger partial charge in [-0.1, -0.05) is 42.5 Å². The van der Waals surface area contributed by atoms with E-state index in [1.165, 1.54) is 0 Å². The molecule has 0 fully saturated rings. The molecule has 4 aromatic rings. The minimum atomic E-state index is 0.0459. The first-order valence-electron chi connectivity index (χ1n) is 7.83. The SMILES string of the molecule is OCc1ccn(-c2ccccc2C=Cc2n[nH]c3ccccc23)c1. The third-order valence-electron chi connectivity index (χ3n) is 4.07. The minimum absolute atomic E-state index is 0.0459.